The Labute approximate surface area is 120 Å². The van der Waals surface area contributed by atoms with Crippen molar-refractivity contribution in [1.82, 2.24) is 10.6 Å². The molecule has 0 aromatic heterocycles. The maximum Gasteiger partial charge on any atom is 0.232 e. The summed E-state index contributed by atoms with van der Waals surface area (Å²) in [7, 11) is 1.67. The Morgan fingerprint density at radius 1 is 1.37 bits per heavy atom. The maximum absolute atomic E-state index is 11.5. The second-order valence-electron chi connectivity index (χ2n) is 4.62. The van der Waals surface area contributed by atoms with Crippen molar-refractivity contribution in [1.29, 1.82) is 0 Å². The zero-order chi connectivity index (χ0) is 14.3. The van der Waals surface area contributed by atoms with E-state index in [-0.39, 0.29) is 11.2 Å². The minimum atomic E-state index is -0.0702. The largest absolute Gasteiger partial charge is 0.358 e. The number of benzene rings is 1. The topological polar surface area (TPSA) is 41.1 Å². The summed E-state index contributed by atoms with van der Waals surface area (Å²) in [6.45, 7) is 7.28. The zero-order valence-corrected chi connectivity index (χ0v) is 13.0. The fourth-order valence-corrected chi connectivity index (χ4v) is 2.79. The average molecular weight is 280 g/mol. The van der Waals surface area contributed by atoms with Crippen LogP contribution in [0.4, 0.5) is 0 Å². The fraction of sp³-hybridized carbons (Fsp3) is 0.533. The molecular weight excluding hydrogens is 256 g/mol. The van der Waals surface area contributed by atoms with E-state index in [1.807, 2.05) is 6.92 Å². The van der Waals surface area contributed by atoms with Gasteiger partial charge in [0.2, 0.25) is 5.91 Å². The van der Waals surface area contributed by atoms with Gasteiger partial charge in [0.25, 0.3) is 0 Å². The van der Waals surface area contributed by atoms with Gasteiger partial charge in [0.15, 0.2) is 0 Å². The highest BCUT2D eigenvalue weighted by Crippen LogP contribution is 2.26. The molecule has 0 fully saturated rings. The van der Waals surface area contributed by atoms with Crippen LogP contribution in [0.1, 0.15) is 38.8 Å². The number of hydrogen-bond donors (Lipinski definition) is 2. The molecule has 0 saturated carbocycles. The van der Waals surface area contributed by atoms with E-state index in [0.29, 0.717) is 6.04 Å². The molecule has 0 aliphatic heterocycles. The molecule has 2 unspecified atom stereocenters. The Hall–Kier alpha value is -1.00. The Bertz CT molecular complexity index is 409. The molecule has 19 heavy (non-hydrogen) atoms. The zero-order valence-electron chi connectivity index (χ0n) is 12.2. The quantitative estimate of drug-likeness (QED) is 0.755. The minimum absolute atomic E-state index is 0.0626. The third kappa shape index (κ3) is 5.25. The van der Waals surface area contributed by atoms with Gasteiger partial charge in [-0.3, -0.25) is 4.79 Å². The van der Waals surface area contributed by atoms with Crippen LogP contribution in [0.25, 0.3) is 0 Å². The molecule has 0 radical (unpaired) electrons. The van der Waals surface area contributed by atoms with Crippen molar-refractivity contribution in [2.75, 3.05) is 13.6 Å². The van der Waals surface area contributed by atoms with Crippen LogP contribution in [0.2, 0.25) is 0 Å². The van der Waals surface area contributed by atoms with Crippen LogP contribution >= 0.6 is 11.8 Å². The van der Waals surface area contributed by atoms with Gasteiger partial charge < -0.3 is 10.6 Å². The van der Waals surface area contributed by atoms with Crippen LogP contribution < -0.4 is 10.6 Å². The Kier molecular flexibility index (Phi) is 6.95. The minimum Gasteiger partial charge on any atom is -0.358 e. The molecule has 1 aromatic carbocycles. The predicted octanol–water partition coefficient (Wildman–Crippen LogP) is 2.97. The van der Waals surface area contributed by atoms with E-state index >= 15 is 0 Å². The number of rotatable bonds is 7. The lowest BCUT2D eigenvalue weighted by Crippen LogP contribution is -2.27. The lowest BCUT2D eigenvalue weighted by atomic mass is 10.1. The maximum atomic E-state index is 11.5. The first kappa shape index (κ1) is 16.1. The van der Waals surface area contributed by atoms with E-state index in [1.165, 1.54) is 5.56 Å². The molecule has 1 aromatic rings. The normalized spacial score (nSPS) is 13.9. The molecule has 106 valence electrons. The summed E-state index contributed by atoms with van der Waals surface area (Å²) in [6, 6.07) is 8.74. The molecule has 1 rings (SSSR count). The van der Waals surface area contributed by atoms with E-state index in [1.54, 1.807) is 18.8 Å². The third-order valence-electron chi connectivity index (χ3n) is 2.99. The Morgan fingerprint density at radius 3 is 2.74 bits per heavy atom. The number of carbonyl (C=O) groups excluding carboxylic acids is 1. The van der Waals surface area contributed by atoms with Gasteiger partial charge in [0.05, 0.1) is 5.25 Å². The molecule has 0 aliphatic rings. The van der Waals surface area contributed by atoms with Crippen molar-refractivity contribution in [3.63, 3.8) is 0 Å². The molecule has 3 nitrogen and oxygen atoms in total. The van der Waals surface area contributed by atoms with Crippen molar-refractivity contribution in [3.8, 4) is 0 Å². The van der Waals surface area contributed by atoms with Crippen molar-refractivity contribution >= 4 is 17.7 Å². The van der Waals surface area contributed by atoms with E-state index in [9.17, 15) is 4.79 Å². The molecule has 0 bridgehead atoms. The van der Waals surface area contributed by atoms with E-state index in [0.717, 1.165) is 17.9 Å². The van der Waals surface area contributed by atoms with Crippen molar-refractivity contribution in [2.24, 2.45) is 0 Å². The molecule has 1 amide bonds. The van der Waals surface area contributed by atoms with Gasteiger partial charge in [0.1, 0.15) is 0 Å². The smallest absolute Gasteiger partial charge is 0.232 e. The molecule has 4 heteroatoms. The highest BCUT2D eigenvalue weighted by molar-refractivity contribution is 8.00. The van der Waals surface area contributed by atoms with Gasteiger partial charge in [0, 0.05) is 18.0 Å². The molecule has 0 spiro atoms. The number of thioether (sulfide) groups is 1. The van der Waals surface area contributed by atoms with Gasteiger partial charge in [-0.15, -0.1) is 11.8 Å². The van der Waals surface area contributed by atoms with Crippen molar-refractivity contribution < 1.29 is 4.79 Å². The summed E-state index contributed by atoms with van der Waals surface area (Å²) < 4.78 is 0. The first-order valence-electron chi connectivity index (χ1n) is 6.80. The second-order valence-corrected chi connectivity index (χ2v) is 6.04. The summed E-state index contributed by atoms with van der Waals surface area (Å²) in [5.41, 5.74) is 1.27. The lowest BCUT2D eigenvalue weighted by molar-refractivity contribution is -0.119. The summed E-state index contributed by atoms with van der Waals surface area (Å²) in [4.78, 5) is 12.7. The van der Waals surface area contributed by atoms with Crippen LogP contribution in [-0.4, -0.2) is 24.7 Å². The highest BCUT2D eigenvalue weighted by Gasteiger charge is 2.13. The van der Waals surface area contributed by atoms with E-state index in [4.69, 9.17) is 0 Å². The van der Waals surface area contributed by atoms with Crippen LogP contribution in [0.15, 0.2) is 29.2 Å². The Morgan fingerprint density at radius 2 is 2.11 bits per heavy atom. The van der Waals surface area contributed by atoms with Gasteiger partial charge in [-0.25, -0.2) is 0 Å². The number of carbonyl (C=O) groups is 1. The summed E-state index contributed by atoms with van der Waals surface area (Å²) >= 11 is 1.59. The summed E-state index contributed by atoms with van der Waals surface area (Å²) in [6.07, 6.45) is 1.13. The molecule has 0 heterocycles. The molecule has 2 atom stereocenters. The number of amides is 1. The summed E-state index contributed by atoms with van der Waals surface area (Å²) in [5, 5.41) is 6.08. The average Bonchev–Trinajstić information content (AvgIpc) is 2.43. The molecule has 0 saturated heterocycles. The first-order valence-corrected chi connectivity index (χ1v) is 7.68. The van der Waals surface area contributed by atoms with Crippen molar-refractivity contribution in [3.05, 3.63) is 29.8 Å². The fourth-order valence-electron chi connectivity index (χ4n) is 1.80. The van der Waals surface area contributed by atoms with Gasteiger partial charge in [-0.05, 0) is 44.5 Å². The van der Waals surface area contributed by atoms with Crippen molar-refractivity contribution in [2.45, 2.75) is 43.4 Å². The van der Waals surface area contributed by atoms with Gasteiger partial charge in [-0.2, -0.15) is 0 Å². The van der Waals surface area contributed by atoms with E-state index in [2.05, 4.69) is 48.7 Å². The van der Waals surface area contributed by atoms with Crippen LogP contribution in [0, 0.1) is 0 Å². The van der Waals surface area contributed by atoms with Crippen LogP contribution in [0.3, 0.4) is 0 Å². The molecular formula is C15H24N2OS. The highest BCUT2D eigenvalue weighted by atomic mass is 32.2. The van der Waals surface area contributed by atoms with Gasteiger partial charge in [-0.1, -0.05) is 19.1 Å². The standard InChI is InChI=1S/C15H24N2OS/c1-5-9-17-11(2)13-7-6-8-14(10-13)19-12(3)15(18)16-4/h6-8,10-12,17H,5,9H2,1-4H3,(H,16,18). The first-order chi connectivity index (χ1) is 9.08. The van der Waals surface area contributed by atoms with Crippen LogP contribution in [-0.2, 0) is 4.79 Å². The molecule has 2 N–H and O–H groups in total. The van der Waals surface area contributed by atoms with Gasteiger partial charge >= 0.3 is 0 Å². The third-order valence-corrected chi connectivity index (χ3v) is 4.08. The number of hydrogen-bond acceptors (Lipinski definition) is 3. The number of nitrogens with one attached hydrogen (secondary N) is 2. The Balaban J connectivity index is 2.68. The summed E-state index contributed by atoms with van der Waals surface area (Å²) in [5.74, 6) is 0.0626. The molecule has 0 aliphatic carbocycles. The predicted molar refractivity (Wildman–Crippen MR) is 82.5 cm³/mol. The lowest BCUT2D eigenvalue weighted by Gasteiger charge is -2.15. The van der Waals surface area contributed by atoms with E-state index < -0.39 is 0 Å². The monoisotopic (exact) mass is 280 g/mol. The second kappa shape index (κ2) is 8.23. The van der Waals surface area contributed by atoms with Crippen LogP contribution in [0.5, 0.6) is 0 Å². The SMILES string of the molecule is CCCNC(C)c1cccc(SC(C)C(=O)NC)c1.